The highest BCUT2D eigenvalue weighted by Gasteiger charge is 2.24. The van der Waals surface area contributed by atoms with Crippen molar-refractivity contribution in [2.45, 2.75) is 12.6 Å². The van der Waals surface area contributed by atoms with E-state index in [1.807, 2.05) is 5.38 Å². The number of benzene rings is 1. The fraction of sp³-hybridized carbons (Fsp3) is 0.294. The Morgan fingerprint density at radius 3 is 2.92 bits per heavy atom. The topological polar surface area (TPSA) is 51.4 Å². The lowest BCUT2D eigenvalue weighted by Gasteiger charge is -2.30. The van der Waals surface area contributed by atoms with Crippen LogP contribution in [0.3, 0.4) is 0 Å². The maximum absolute atomic E-state index is 13.0. The minimum Gasteiger partial charge on any atom is -0.439 e. The Morgan fingerprint density at radius 1 is 1.25 bits per heavy atom. The zero-order chi connectivity index (χ0) is 16.4. The van der Waals surface area contributed by atoms with Crippen molar-refractivity contribution in [1.29, 1.82) is 0 Å². The van der Waals surface area contributed by atoms with E-state index in [0.29, 0.717) is 24.8 Å². The molecule has 0 bridgehead atoms. The van der Waals surface area contributed by atoms with E-state index in [1.54, 1.807) is 35.9 Å². The lowest BCUT2D eigenvalue weighted by Crippen LogP contribution is -2.37. The zero-order valence-electron chi connectivity index (χ0n) is 12.9. The van der Waals surface area contributed by atoms with Crippen LogP contribution in [0.1, 0.15) is 17.0 Å². The fourth-order valence-corrected chi connectivity index (χ4v) is 3.39. The third-order valence-electron chi connectivity index (χ3n) is 3.92. The molecule has 5 nitrogen and oxygen atoms in total. The number of hydrogen-bond donors (Lipinski definition) is 0. The van der Waals surface area contributed by atoms with Crippen LogP contribution in [0.2, 0.25) is 0 Å². The molecule has 1 aromatic carbocycles. The average molecular weight is 345 g/mol. The molecule has 0 amide bonds. The molecule has 1 aliphatic rings. The van der Waals surface area contributed by atoms with E-state index in [2.05, 4.69) is 14.9 Å². The van der Waals surface area contributed by atoms with Gasteiger partial charge in [-0.3, -0.25) is 4.90 Å². The van der Waals surface area contributed by atoms with Crippen LogP contribution in [0.15, 0.2) is 46.5 Å². The molecule has 0 spiro atoms. The van der Waals surface area contributed by atoms with Crippen molar-refractivity contribution in [3.05, 3.63) is 58.8 Å². The van der Waals surface area contributed by atoms with Gasteiger partial charge in [0.05, 0.1) is 19.3 Å². The van der Waals surface area contributed by atoms with Gasteiger partial charge in [0.1, 0.15) is 16.9 Å². The monoisotopic (exact) mass is 345 g/mol. The summed E-state index contributed by atoms with van der Waals surface area (Å²) < 4.78 is 24.6. The maximum Gasteiger partial charge on any atom is 0.209 e. The number of nitrogens with zero attached hydrogens (tertiary/aromatic N) is 3. The van der Waals surface area contributed by atoms with Gasteiger partial charge in [-0.05, 0) is 24.3 Å². The van der Waals surface area contributed by atoms with E-state index >= 15 is 0 Å². The third-order valence-corrected chi connectivity index (χ3v) is 4.79. The standard InChI is InChI=1S/C17H16FN3O2S/c18-13-3-1-12(2-4-13)14-9-20-16(23-14)11-21-6-7-22-15(10-21)17-19-5-8-24-17/h1-5,8-9,15H,6-7,10-11H2/t15-/m0/s1. The van der Waals surface area contributed by atoms with Gasteiger partial charge in [-0.15, -0.1) is 11.3 Å². The van der Waals surface area contributed by atoms with Crippen LogP contribution in [0.25, 0.3) is 11.3 Å². The number of aromatic nitrogens is 2. The molecule has 24 heavy (non-hydrogen) atoms. The average Bonchev–Trinajstić information content (AvgIpc) is 3.28. The molecule has 0 saturated carbocycles. The van der Waals surface area contributed by atoms with Gasteiger partial charge in [-0.2, -0.15) is 0 Å². The smallest absolute Gasteiger partial charge is 0.209 e. The molecule has 2 aromatic heterocycles. The molecular weight excluding hydrogens is 329 g/mol. The number of hydrogen-bond acceptors (Lipinski definition) is 6. The molecule has 0 unspecified atom stereocenters. The zero-order valence-corrected chi connectivity index (χ0v) is 13.7. The summed E-state index contributed by atoms with van der Waals surface area (Å²) in [6, 6.07) is 6.20. The molecule has 0 N–H and O–H groups in total. The summed E-state index contributed by atoms with van der Waals surface area (Å²) in [6.07, 6.45) is 3.48. The molecule has 0 aliphatic carbocycles. The van der Waals surface area contributed by atoms with Crippen molar-refractivity contribution in [2.24, 2.45) is 0 Å². The quantitative estimate of drug-likeness (QED) is 0.724. The fourth-order valence-electron chi connectivity index (χ4n) is 2.71. The van der Waals surface area contributed by atoms with Gasteiger partial charge in [-0.25, -0.2) is 14.4 Å². The van der Waals surface area contributed by atoms with Crippen molar-refractivity contribution < 1.29 is 13.5 Å². The molecule has 7 heteroatoms. The normalized spacial score (nSPS) is 18.8. The molecule has 1 aliphatic heterocycles. The van der Waals surface area contributed by atoms with Gasteiger partial charge in [0.25, 0.3) is 0 Å². The number of oxazole rings is 1. The van der Waals surface area contributed by atoms with Gasteiger partial charge < -0.3 is 9.15 Å². The highest BCUT2D eigenvalue weighted by atomic mass is 32.1. The molecule has 4 rings (SSSR count). The van der Waals surface area contributed by atoms with Crippen molar-refractivity contribution >= 4 is 11.3 Å². The summed E-state index contributed by atoms with van der Waals surface area (Å²) in [4.78, 5) is 10.9. The van der Waals surface area contributed by atoms with E-state index < -0.39 is 0 Å². The second-order valence-electron chi connectivity index (χ2n) is 5.59. The second-order valence-corrected chi connectivity index (χ2v) is 6.52. The molecule has 1 saturated heterocycles. The van der Waals surface area contributed by atoms with Gasteiger partial charge in [0.2, 0.25) is 5.89 Å². The summed E-state index contributed by atoms with van der Waals surface area (Å²) in [5, 5.41) is 2.96. The summed E-state index contributed by atoms with van der Waals surface area (Å²) in [6.45, 7) is 2.88. The number of rotatable bonds is 4. The SMILES string of the molecule is Fc1ccc(-c2cnc(CN3CCO[C@H](c4nccs4)C3)o2)cc1. The van der Waals surface area contributed by atoms with E-state index in [4.69, 9.17) is 9.15 Å². The predicted molar refractivity (Wildman–Crippen MR) is 88.0 cm³/mol. The Labute approximate surface area is 142 Å². The summed E-state index contributed by atoms with van der Waals surface area (Å²) >= 11 is 1.61. The Hall–Kier alpha value is -2.09. The minimum atomic E-state index is -0.264. The molecule has 3 heterocycles. The van der Waals surface area contributed by atoms with Crippen LogP contribution >= 0.6 is 11.3 Å². The predicted octanol–water partition coefficient (Wildman–Crippen LogP) is 3.51. The third kappa shape index (κ3) is 3.38. The van der Waals surface area contributed by atoms with Gasteiger partial charge in [-0.1, -0.05) is 0 Å². The van der Waals surface area contributed by atoms with Crippen molar-refractivity contribution in [3.63, 3.8) is 0 Å². The highest BCUT2D eigenvalue weighted by molar-refractivity contribution is 7.09. The molecule has 0 radical (unpaired) electrons. The number of morpholine rings is 1. The molecule has 124 valence electrons. The van der Waals surface area contributed by atoms with Gasteiger partial charge >= 0.3 is 0 Å². The van der Waals surface area contributed by atoms with Crippen molar-refractivity contribution in [1.82, 2.24) is 14.9 Å². The minimum absolute atomic E-state index is 0.00489. The van der Waals surface area contributed by atoms with Crippen LogP contribution in [-0.4, -0.2) is 34.6 Å². The Bertz CT molecular complexity index is 789. The van der Waals surface area contributed by atoms with Crippen molar-refractivity contribution in [3.8, 4) is 11.3 Å². The van der Waals surface area contributed by atoms with Crippen molar-refractivity contribution in [2.75, 3.05) is 19.7 Å². The molecular formula is C17H16FN3O2S. The Morgan fingerprint density at radius 2 is 2.12 bits per heavy atom. The maximum atomic E-state index is 13.0. The van der Waals surface area contributed by atoms with Crippen LogP contribution in [0.5, 0.6) is 0 Å². The van der Waals surface area contributed by atoms with Crippen LogP contribution in [0, 0.1) is 5.82 Å². The summed E-state index contributed by atoms with van der Waals surface area (Å²) in [5.74, 6) is 1.03. The molecule has 1 fully saturated rings. The van der Waals surface area contributed by atoms with E-state index in [1.165, 1.54) is 12.1 Å². The van der Waals surface area contributed by atoms with E-state index in [0.717, 1.165) is 23.7 Å². The van der Waals surface area contributed by atoms with Gasteiger partial charge in [0, 0.05) is 30.2 Å². The Balaban J connectivity index is 1.43. The van der Waals surface area contributed by atoms with E-state index in [9.17, 15) is 4.39 Å². The summed E-state index contributed by atoms with van der Waals surface area (Å²) in [5.41, 5.74) is 0.817. The van der Waals surface area contributed by atoms with Crippen LogP contribution in [-0.2, 0) is 11.3 Å². The first kappa shape index (κ1) is 15.4. The number of halogens is 1. The van der Waals surface area contributed by atoms with Gasteiger partial charge in [0.15, 0.2) is 5.76 Å². The number of ether oxygens (including phenoxy) is 1. The second kappa shape index (κ2) is 6.80. The number of thiazole rings is 1. The first-order valence-electron chi connectivity index (χ1n) is 7.72. The Kier molecular flexibility index (Phi) is 4.38. The molecule has 3 aromatic rings. The lowest BCUT2D eigenvalue weighted by atomic mass is 10.2. The van der Waals surface area contributed by atoms with Crippen LogP contribution < -0.4 is 0 Å². The first-order valence-corrected chi connectivity index (χ1v) is 8.60. The largest absolute Gasteiger partial charge is 0.439 e. The van der Waals surface area contributed by atoms with E-state index in [-0.39, 0.29) is 11.9 Å². The highest BCUT2D eigenvalue weighted by Crippen LogP contribution is 2.26. The summed E-state index contributed by atoms with van der Waals surface area (Å²) in [7, 11) is 0. The lowest BCUT2D eigenvalue weighted by molar-refractivity contribution is -0.0351. The van der Waals surface area contributed by atoms with Crippen LogP contribution in [0.4, 0.5) is 4.39 Å². The molecule has 1 atom stereocenters. The first-order chi connectivity index (χ1) is 11.8.